The van der Waals surface area contributed by atoms with Gasteiger partial charge in [0.15, 0.2) is 0 Å². The van der Waals surface area contributed by atoms with Crippen LogP contribution in [0.3, 0.4) is 0 Å². The normalized spacial score (nSPS) is 22.2. The third-order valence-corrected chi connectivity index (χ3v) is 5.41. The largest absolute Gasteiger partial charge is 0.462 e. The van der Waals surface area contributed by atoms with Crippen molar-refractivity contribution in [3.63, 3.8) is 0 Å². The molecule has 0 saturated carbocycles. The molecule has 2 aliphatic heterocycles. The van der Waals surface area contributed by atoms with E-state index in [1.54, 1.807) is 30.6 Å². The van der Waals surface area contributed by atoms with E-state index in [9.17, 15) is 14.4 Å². The number of carbonyl (C=O) groups excluding carboxylic acids is 3. The topological polar surface area (TPSA) is 91.9 Å². The number of nitrogens with zero attached hydrogens (tertiary/aromatic N) is 2. The number of H-pyrrole nitrogens is 1. The lowest BCUT2D eigenvalue weighted by molar-refractivity contribution is 0.0357. The Morgan fingerprint density at radius 1 is 1.27 bits per heavy atom. The Balaban J connectivity index is 1.85. The minimum Gasteiger partial charge on any atom is -0.462 e. The summed E-state index contributed by atoms with van der Waals surface area (Å²) in [6.45, 7) is 9.11. The summed E-state index contributed by atoms with van der Waals surface area (Å²) in [6, 6.07) is 0. The van der Waals surface area contributed by atoms with Crippen molar-refractivity contribution in [3.8, 4) is 0 Å². The molecule has 1 N–H and O–H groups in total. The highest BCUT2D eigenvalue weighted by atomic mass is 16.6. The first-order valence-corrected chi connectivity index (χ1v) is 8.94. The molecule has 2 amide bonds. The Morgan fingerprint density at radius 2 is 2.00 bits per heavy atom. The quantitative estimate of drug-likeness (QED) is 0.825. The highest BCUT2D eigenvalue weighted by molar-refractivity contribution is 6.00. The van der Waals surface area contributed by atoms with Gasteiger partial charge in [0.1, 0.15) is 12.3 Å². The van der Waals surface area contributed by atoms with E-state index >= 15 is 0 Å². The molecule has 1 unspecified atom stereocenters. The summed E-state index contributed by atoms with van der Waals surface area (Å²) < 4.78 is 10.3. The molecule has 26 heavy (non-hydrogen) atoms. The Bertz CT molecular complexity index is 756. The van der Waals surface area contributed by atoms with Crippen LogP contribution in [-0.2, 0) is 9.47 Å². The number of ether oxygens (including phenoxy) is 2. The van der Waals surface area contributed by atoms with E-state index < -0.39 is 11.5 Å². The van der Waals surface area contributed by atoms with Crippen LogP contribution in [0.1, 0.15) is 52.4 Å². The number of aromatic amines is 1. The summed E-state index contributed by atoms with van der Waals surface area (Å²) >= 11 is 0. The molecule has 0 bridgehead atoms. The summed E-state index contributed by atoms with van der Waals surface area (Å²) in [4.78, 5) is 43.7. The van der Waals surface area contributed by atoms with Crippen LogP contribution in [-0.4, -0.2) is 71.1 Å². The summed E-state index contributed by atoms with van der Waals surface area (Å²) in [7, 11) is 0. The lowest BCUT2D eigenvalue weighted by Crippen LogP contribution is -2.62. The van der Waals surface area contributed by atoms with Crippen molar-refractivity contribution in [2.24, 2.45) is 0 Å². The molecule has 3 heterocycles. The average Bonchev–Trinajstić information content (AvgIpc) is 3.11. The number of aromatic nitrogens is 1. The number of nitrogens with one attached hydrogen (secondary N) is 1. The smallest absolute Gasteiger partial charge is 0.410 e. The second-order valence-corrected chi connectivity index (χ2v) is 6.86. The highest BCUT2D eigenvalue weighted by Crippen LogP contribution is 2.32. The van der Waals surface area contributed by atoms with E-state index in [2.05, 4.69) is 4.98 Å². The number of hydrogen-bond acceptors (Lipinski definition) is 5. The zero-order chi connectivity index (χ0) is 19.1. The number of aryl methyl sites for hydroxylation is 1. The fourth-order valence-electron chi connectivity index (χ4n) is 3.87. The van der Waals surface area contributed by atoms with Gasteiger partial charge in [-0.25, -0.2) is 9.59 Å². The first-order chi connectivity index (χ1) is 12.3. The van der Waals surface area contributed by atoms with Crippen LogP contribution in [0, 0.1) is 13.8 Å². The molecular weight excluding hydrogens is 338 g/mol. The molecule has 0 aliphatic carbocycles. The summed E-state index contributed by atoms with van der Waals surface area (Å²) in [5.74, 6) is -0.601. The molecule has 2 aliphatic rings. The average molecular weight is 363 g/mol. The van der Waals surface area contributed by atoms with Gasteiger partial charge in [-0.2, -0.15) is 0 Å². The number of amides is 2. The molecule has 1 aromatic rings. The van der Waals surface area contributed by atoms with Crippen LogP contribution >= 0.6 is 0 Å². The first-order valence-electron chi connectivity index (χ1n) is 8.94. The van der Waals surface area contributed by atoms with Crippen molar-refractivity contribution in [1.82, 2.24) is 14.8 Å². The standard InChI is InChI=1S/C18H25N3O5/c1-5-18-9-20(7-8-21(18)17(24)26-10-18)15(22)14-11(3)13(12(4)19-14)16(23)25-6-2/h19H,5-10H2,1-4H3. The molecule has 1 aromatic heterocycles. The number of fused-ring (bicyclic) bond motifs is 1. The van der Waals surface area contributed by atoms with Crippen molar-refractivity contribution in [1.29, 1.82) is 0 Å². The number of esters is 1. The Labute approximate surface area is 152 Å². The zero-order valence-corrected chi connectivity index (χ0v) is 15.7. The highest BCUT2D eigenvalue weighted by Gasteiger charge is 2.50. The molecular formula is C18H25N3O5. The number of hydrogen-bond donors (Lipinski definition) is 1. The van der Waals surface area contributed by atoms with Gasteiger partial charge in [0.05, 0.1) is 17.7 Å². The predicted octanol–water partition coefficient (Wildman–Crippen LogP) is 1.87. The second kappa shape index (κ2) is 6.66. The zero-order valence-electron chi connectivity index (χ0n) is 15.7. The second-order valence-electron chi connectivity index (χ2n) is 6.86. The molecule has 142 valence electrons. The monoisotopic (exact) mass is 363 g/mol. The van der Waals surface area contributed by atoms with Crippen molar-refractivity contribution in [2.75, 3.05) is 32.8 Å². The molecule has 1 atom stereocenters. The van der Waals surface area contributed by atoms with Gasteiger partial charge in [0.25, 0.3) is 5.91 Å². The molecule has 2 saturated heterocycles. The summed E-state index contributed by atoms with van der Waals surface area (Å²) in [5.41, 5.74) is 1.56. The Morgan fingerprint density at radius 3 is 2.65 bits per heavy atom. The minimum atomic E-state index is -0.468. The van der Waals surface area contributed by atoms with Gasteiger partial charge in [-0.3, -0.25) is 9.69 Å². The molecule has 0 radical (unpaired) electrons. The SMILES string of the molecule is CCOC(=O)c1c(C)[nH]c(C(=O)N2CCN3C(=O)OCC3(CC)C2)c1C. The number of rotatable bonds is 4. The van der Waals surface area contributed by atoms with Crippen LogP contribution in [0.5, 0.6) is 0 Å². The van der Waals surface area contributed by atoms with Crippen molar-refractivity contribution >= 4 is 18.0 Å². The van der Waals surface area contributed by atoms with E-state index in [1.165, 1.54) is 0 Å². The van der Waals surface area contributed by atoms with Crippen molar-refractivity contribution in [3.05, 3.63) is 22.5 Å². The Kier molecular flexibility index (Phi) is 4.68. The maximum atomic E-state index is 13.1. The Hall–Kier alpha value is -2.51. The molecule has 0 spiro atoms. The van der Waals surface area contributed by atoms with Gasteiger partial charge in [0, 0.05) is 25.3 Å². The van der Waals surface area contributed by atoms with E-state index in [-0.39, 0.29) is 18.6 Å². The number of carbonyl (C=O) groups is 3. The lowest BCUT2D eigenvalue weighted by Gasteiger charge is -2.44. The first kappa shape index (κ1) is 18.3. The third kappa shape index (κ3) is 2.73. The van der Waals surface area contributed by atoms with E-state index in [1.807, 2.05) is 6.92 Å². The van der Waals surface area contributed by atoms with Crippen molar-refractivity contribution in [2.45, 2.75) is 39.7 Å². The molecule has 3 rings (SSSR count). The van der Waals surface area contributed by atoms with Crippen LogP contribution in [0.4, 0.5) is 4.79 Å². The lowest BCUT2D eigenvalue weighted by atomic mass is 9.92. The third-order valence-electron chi connectivity index (χ3n) is 5.41. The maximum Gasteiger partial charge on any atom is 0.410 e. The van der Waals surface area contributed by atoms with E-state index in [0.717, 1.165) is 0 Å². The van der Waals surface area contributed by atoms with Gasteiger partial charge in [-0.05, 0) is 32.8 Å². The minimum absolute atomic E-state index is 0.173. The van der Waals surface area contributed by atoms with Gasteiger partial charge in [-0.15, -0.1) is 0 Å². The summed E-state index contributed by atoms with van der Waals surface area (Å²) in [5, 5.41) is 0. The summed E-state index contributed by atoms with van der Waals surface area (Å²) in [6.07, 6.45) is 0.398. The van der Waals surface area contributed by atoms with Gasteiger partial charge < -0.3 is 19.4 Å². The van der Waals surface area contributed by atoms with Crippen LogP contribution in [0.25, 0.3) is 0 Å². The van der Waals surface area contributed by atoms with Crippen LogP contribution < -0.4 is 0 Å². The fourth-order valence-corrected chi connectivity index (χ4v) is 3.87. The fraction of sp³-hybridized carbons (Fsp3) is 0.611. The van der Waals surface area contributed by atoms with Gasteiger partial charge in [0.2, 0.25) is 0 Å². The number of cyclic esters (lactones) is 1. The molecule has 8 heteroatoms. The van der Waals surface area contributed by atoms with Crippen LogP contribution in [0.2, 0.25) is 0 Å². The van der Waals surface area contributed by atoms with Crippen molar-refractivity contribution < 1.29 is 23.9 Å². The predicted molar refractivity (Wildman–Crippen MR) is 93.2 cm³/mol. The van der Waals surface area contributed by atoms with Crippen LogP contribution in [0.15, 0.2) is 0 Å². The maximum absolute atomic E-state index is 13.1. The molecule has 8 nitrogen and oxygen atoms in total. The molecule has 0 aromatic carbocycles. The van der Waals surface area contributed by atoms with Gasteiger partial charge in [-0.1, -0.05) is 6.92 Å². The van der Waals surface area contributed by atoms with E-state index in [4.69, 9.17) is 9.47 Å². The van der Waals surface area contributed by atoms with E-state index in [0.29, 0.717) is 55.2 Å². The van der Waals surface area contributed by atoms with Gasteiger partial charge >= 0.3 is 12.1 Å². The number of piperazine rings is 1. The molecule has 2 fully saturated rings.